The molecule has 9 rings (SSSR count). The van der Waals surface area contributed by atoms with Crippen LogP contribution in [0.4, 0.5) is 0 Å². The molecule has 2 unspecified atom stereocenters. The van der Waals surface area contributed by atoms with E-state index in [1.807, 2.05) is 36.4 Å². The predicted molar refractivity (Wildman–Crippen MR) is 263 cm³/mol. The van der Waals surface area contributed by atoms with Crippen molar-refractivity contribution < 1.29 is 100 Å². The standard InChI is InChI=1S/C16H26O3.C10H8O3.C6H4O3S2.C6H8O3.C6H6O3.C4H4O3.C4H2O3/c1-2-3-4-5-6-7-8-9-10-11-12-14-13-15(17)19-16(14)18;11-9-6-8(10(12)13-9)7-4-2-1-3-5-7;7-5-3-4(6(8)9-5)11-2-1-10-3;1-6(2)3-4(7)9-5(6)8;1-3-4(2)6(8)9-5(3)7;2*5-3-1-2-4(6)7-3/h10-11,14H,2-9,12-13H2,1H3;1-5,8H,6H2;1-2H2;3H2,1-2H3;1-2H3;1-2H2;1-2H/b11-10+;;;;;;. The lowest BCUT2D eigenvalue weighted by molar-refractivity contribution is -0.156. The normalized spacial score (nSPS) is 20.8. The van der Waals surface area contributed by atoms with E-state index in [1.54, 1.807) is 27.7 Å². The lowest BCUT2D eigenvalue weighted by atomic mass is 9.92. The van der Waals surface area contributed by atoms with Crippen molar-refractivity contribution in [2.75, 3.05) is 11.5 Å². The average Bonchev–Trinajstić information content (AvgIpc) is 4.24. The lowest BCUT2D eigenvalue weighted by Crippen LogP contribution is -2.16. The van der Waals surface area contributed by atoms with Gasteiger partial charge in [-0.3, -0.25) is 38.4 Å². The van der Waals surface area contributed by atoms with Crippen LogP contribution in [-0.4, -0.2) is 95.1 Å². The maximum atomic E-state index is 11.2. The first-order chi connectivity index (χ1) is 35.5. The number of cyclic esters (lactones) is 14. The zero-order valence-electron chi connectivity index (χ0n) is 42.1. The van der Waals surface area contributed by atoms with Gasteiger partial charge in [-0.05, 0) is 52.5 Å². The van der Waals surface area contributed by atoms with Gasteiger partial charge in [-0.1, -0.05) is 87.9 Å². The minimum absolute atomic E-state index is 0.169. The SMILES string of the molecule is CC1(C)CC(=O)OC1=O.CC1=C(C)C(=O)OC1=O.CCCCCCCCC/C=C/CC1CC(=O)OC1=O.O=C1C=CC(=O)O1.O=C1CC(c2ccccc2)C(=O)O1.O=C1CCC(=O)O1.O=C1OC(=O)C2=C1SCCS2. The molecule has 4 saturated heterocycles. The fourth-order valence-electron chi connectivity index (χ4n) is 6.60. The summed E-state index contributed by atoms with van der Waals surface area (Å²) in [6.45, 7) is 8.77. The minimum Gasteiger partial charge on any atom is -0.393 e. The number of hydrogen-bond acceptors (Lipinski definition) is 23. The van der Waals surface area contributed by atoms with Gasteiger partial charge in [0, 0.05) is 34.8 Å². The molecule has 0 spiro atoms. The van der Waals surface area contributed by atoms with Gasteiger partial charge in [0.25, 0.3) is 0 Å². The number of carbonyl (C=O) groups excluding carboxylic acids is 14. The Morgan fingerprint density at radius 1 is 0.533 bits per heavy atom. The van der Waals surface area contributed by atoms with E-state index in [2.05, 4.69) is 46.2 Å². The Kier molecular flexibility index (Phi) is 26.2. The summed E-state index contributed by atoms with van der Waals surface area (Å²) in [5.41, 5.74) is 1.09. The van der Waals surface area contributed by atoms with Gasteiger partial charge in [-0.2, -0.15) is 0 Å². The van der Waals surface area contributed by atoms with E-state index in [0.717, 1.165) is 35.6 Å². The largest absolute Gasteiger partial charge is 0.393 e. The molecule has 75 heavy (non-hydrogen) atoms. The van der Waals surface area contributed by atoms with E-state index in [9.17, 15) is 67.1 Å². The molecule has 8 heterocycles. The Labute approximate surface area is 440 Å². The minimum atomic E-state index is -0.586. The number of esters is 14. The molecular formula is C52H58O21S2. The Balaban J connectivity index is 0.000000237. The zero-order chi connectivity index (χ0) is 55.7. The van der Waals surface area contributed by atoms with Gasteiger partial charge >= 0.3 is 83.6 Å². The van der Waals surface area contributed by atoms with Crippen molar-refractivity contribution in [3.63, 3.8) is 0 Å². The number of rotatable bonds is 11. The van der Waals surface area contributed by atoms with Crippen LogP contribution in [0.1, 0.15) is 136 Å². The van der Waals surface area contributed by atoms with Crippen molar-refractivity contribution in [3.05, 3.63) is 81.2 Å². The second-order valence-corrected chi connectivity index (χ2v) is 19.7. The van der Waals surface area contributed by atoms with E-state index < -0.39 is 83.0 Å². The maximum absolute atomic E-state index is 11.2. The molecular weight excluding hydrogens is 1020 g/mol. The van der Waals surface area contributed by atoms with E-state index in [0.29, 0.717) is 27.4 Å². The van der Waals surface area contributed by atoms with Crippen molar-refractivity contribution >= 4 is 107 Å². The Morgan fingerprint density at radius 3 is 1.41 bits per heavy atom. The smallest absolute Gasteiger partial charge is 0.353 e. The summed E-state index contributed by atoms with van der Waals surface area (Å²) < 4.78 is 30.0. The number of benzene rings is 1. The van der Waals surface area contributed by atoms with Crippen LogP contribution < -0.4 is 0 Å². The molecule has 21 nitrogen and oxygen atoms in total. The molecule has 8 aliphatic rings. The summed E-state index contributed by atoms with van der Waals surface area (Å²) >= 11 is 2.82. The second-order valence-electron chi connectivity index (χ2n) is 17.5. The van der Waals surface area contributed by atoms with Gasteiger partial charge in [0.2, 0.25) is 0 Å². The number of allylic oxidation sites excluding steroid dienone is 2. The maximum Gasteiger partial charge on any atom is 0.353 e. The van der Waals surface area contributed by atoms with Gasteiger partial charge in [0.1, 0.15) is 9.81 Å². The third-order valence-electron chi connectivity index (χ3n) is 11.0. The third kappa shape index (κ3) is 22.1. The number of carbonyl (C=O) groups is 14. The first kappa shape index (κ1) is 62.2. The molecule has 0 N–H and O–H groups in total. The van der Waals surface area contributed by atoms with Crippen LogP contribution in [0.2, 0.25) is 0 Å². The van der Waals surface area contributed by atoms with Gasteiger partial charge in [-0.25, -0.2) is 28.8 Å². The fraction of sp³-hybridized carbons (Fsp3) is 0.462. The quantitative estimate of drug-likeness (QED) is 0.0747. The van der Waals surface area contributed by atoms with Gasteiger partial charge in [0.15, 0.2) is 0 Å². The van der Waals surface area contributed by atoms with Gasteiger partial charge < -0.3 is 33.2 Å². The summed E-state index contributed by atoms with van der Waals surface area (Å²) in [6.07, 6.45) is 18.4. The molecule has 0 saturated carbocycles. The molecule has 1 aromatic carbocycles. The fourth-order valence-corrected chi connectivity index (χ4v) is 8.78. The van der Waals surface area contributed by atoms with Crippen LogP contribution in [0.25, 0.3) is 0 Å². The van der Waals surface area contributed by atoms with Crippen LogP contribution in [-0.2, 0) is 100 Å². The van der Waals surface area contributed by atoms with Crippen LogP contribution >= 0.6 is 23.5 Å². The highest BCUT2D eigenvalue weighted by atomic mass is 32.2. The Morgan fingerprint density at radius 2 is 1.04 bits per heavy atom. The van der Waals surface area contributed by atoms with Crippen LogP contribution in [0.15, 0.2) is 75.6 Å². The monoisotopic (exact) mass is 1080 g/mol. The van der Waals surface area contributed by atoms with Crippen molar-refractivity contribution in [1.82, 2.24) is 0 Å². The molecule has 4 fully saturated rings. The second kappa shape index (κ2) is 31.6. The summed E-state index contributed by atoms with van der Waals surface area (Å²) in [5, 5.41) is 0. The highest BCUT2D eigenvalue weighted by molar-refractivity contribution is 8.11. The molecule has 0 amide bonds. The molecule has 0 bridgehead atoms. The van der Waals surface area contributed by atoms with Crippen molar-refractivity contribution in [1.29, 1.82) is 0 Å². The van der Waals surface area contributed by atoms with Crippen LogP contribution in [0, 0.1) is 11.3 Å². The van der Waals surface area contributed by atoms with Gasteiger partial charge in [0.05, 0.1) is 49.4 Å². The highest BCUT2D eigenvalue weighted by Gasteiger charge is 2.41. The van der Waals surface area contributed by atoms with Gasteiger partial charge in [-0.15, -0.1) is 23.5 Å². The average molecular weight is 1080 g/mol. The number of ether oxygens (including phenoxy) is 7. The summed E-state index contributed by atoms with van der Waals surface area (Å²) in [6, 6.07) is 9.19. The molecule has 2 atom stereocenters. The Hall–Kier alpha value is -7.14. The Bertz CT molecular complexity index is 2440. The van der Waals surface area contributed by atoms with Crippen LogP contribution in [0.5, 0.6) is 0 Å². The molecule has 23 heteroatoms. The van der Waals surface area contributed by atoms with E-state index in [4.69, 9.17) is 0 Å². The van der Waals surface area contributed by atoms with E-state index in [1.165, 1.54) is 68.5 Å². The van der Waals surface area contributed by atoms with Crippen molar-refractivity contribution in [2.45, 2.75) is 130 Å². The summed E-state index contributed by atoms with van der Waals surface area (Å²) in [4.78, 5) is 149. The molecule has 404 valence electrons. The molecule has 0 aliphatic carbocycles. The van der Waals surface area contributed by atoms with E-state index >= 15 is 0 Å². The lowest BCUT2D eigenvalue weighted by Gasteiger charge is -2.06. The van der Waals surface area contributed by atoms with Crippen molar-refractivity contribution in [2.24, 2.45) is 11.3 Å². The molecule has 1 aromatic rings. The van der Waals surface area contributed by atoms with E-state index in [-0.39, 0.29) is 50.0 Å². The number of thioether (sulfide) groups is 2. The summed E-state index contributed by atoms with van der Waals surface area (Å²) in [5.74, 6) is -5.22. The summed E-state index contributed by atoms with van der Waals surface area (Å²) in [7, 11) is 0. The third-order valence-corrected chi connectivity index (χ3v) is 13.5. The highest BCUT2D eigenvalue weighted by Crippen LogP contribution is 2.39. The topological polar surface area (TPSA) is 304 Å². The predicted octanol–water partition coefficient (Wildman–Crippen LogP) is 6.54. The van der Waals surface area contributed by atoms with Crippen LogP contribution in [0.3, 0.4) is 0 Å². The number of hydrogen-bond donors (Lipinski definition) is 0. The molecule has 0 aromatic heterocycles. The number of unbranched alkanes of at least 4 members (excludes halogenated alkanes) is 7. The first-order valence-electron chi connectivity index (χ1n) is 23.8. The zero-order valence-corrected chi connectivity index (χ0v) is 43.7. The first-order valence-corrected chi connectivity index (χ1v) is 25.8. The van der Waals surface area contributed by atoms with Crippen molar-refractivity contribution in [3.8, 4) is 0 Å². The molecule has 0 radical (unpaired) electrons. The molecule has 8 aliphatic heterocycles.